The highest BCUT2D eigenvalue weighted by molar-refractivity contribution is 5.76. The number of carbonyl (C=O) groups is 1. The van der Waals surface area contributed by atoms with Crippen molar-refractivity contribution in [2.45, 2.75) is 51.7 Å². The normalized spacial score (nSPS) is 25.4. The highest BCUT2D eigenvalue weighted by Gasteiger charge is 2.46. The van der Waals surface area contributed by atoms with Crippen molar-refractivity contribution < 1.29 is 15.0 Å². The zero-order valence-electron chi connectivity index (χ0n) is 16.9. The van der Waals surface area contributed by atoms with Gasteiger partial charge in [0.25, 0.3) is 0 Å². The third kappa shape index (κ3) is 4.94. The van der Waals surface area contributed by atoms with E-state index in [2.05, 4.69) is 28.9 Å². The van der Waals surface area contributed by atoms with E-state index < -0.39 is 0 Å². The molecule has 0 aliphatic carbocycles. The molecule has 0 bridgehead atoms. The smallest absolute Gasteiger partial charge is 0.222 e. The maximum atomic E-state index is 12.2. The molecule has 28 heavy (non-hydrogen) atoms. The lowest BCUT2D eigenvalue weighted by Crippen LogP contribution is -2.59. The molecule has 2 aliphatic heterocycles. The van der Waals surface area contributed by atoms with Gasteiger partial charge in [0.1, 0.15) is 0 Å². The lowest BCUT2D eigenvalue weighted by Gasteiger charge is -2.51. The molecule has 2 saturated heterocycles. The summed E-state index contributed by atoms with van der Waals surface area (Å²) < 4.78 is 0. The fourth-order valence-corrected chi connectivity index (χ4v) is 4.55. The first-order chi connectivity index (χ1) is 13.6. The van der Waals surface area contributed by atoms with Crippen molar-refractivity contribution in [2.75, 3.05) is 32.8 Å². The van der Waals surface area contributed by atoms with Crippen molar-refractivity contribution in [3.63, 3.8) is 0 Å². The van der Waals surface area contributed by atoms with Crippen LogP contribution in [0.4, 0.5) is 0 Å². The maximum Gasteiger partial charge on any atom is 0.222 e. The summed E-state index contributed by atoms with van der Waals surface area (Å²) in [5, 5.41) is 19.6. The molecule has 0 radical (unpaired) electrons. The Morgan fingerprint density at radius 2 is 2.04 bits per heavy atom. The predicted molar refractivity (Wildman–Crippen MR) is 109 cm³/mol. The summed E-state index contributed by atoms with van der Waals surface area (Å²) in [6.45, 7) is 6.06. The van der Waals surface area contributed by atoms with Gasteiger partial charge < -0.3 is 15.1 Å². The summed E-state index contributed by atoms with van der Waals surface area (Å²) in [6.07, 6.45) is 3.41. The van der Waals surface area contributed by atoms with Gasteiger partial charge in [0.15, 0.2) is 0 Å². The minimum Gasteiger partial charge on any atom is -0.395 e. The van der Waals surface area contributed by atoms with Crippen LogP contribution in [0.5, 0.6) is 0 Å². The number of rotatable bonds is 4. The molecule has 1 spiro atoms. The summed E-state index contributed by atoms with van der Waals surface area (Å²) in [7, 11) is 0. The molecule has 5 nitrogen and oxygen atoms in total. The Balaban J connectivity index is 1.64. The second kappa shape index (κ2) is 9.56. The Morgan fingerprint density at radius 3 is 2.75 bits per heavy atom. The van der Waals surface area contributed by atoms with Crippen LogP contribution in [0, 0.1) is 17.3 Å². The summed E-state index contributed by atoms with van der Waals surface area (Å²) >= 11 is 0. The maximum absolute atomic E-state index is 12.2. The van der Waals surface area contributed by atoms with E-state index in [0.29, 0.717) is 19.4 Å². The van der Waals surface area contributed by atoms with Gasteiger partial charge in [0.2, 0.25) is 5.91 Å². The quantitative estimate of drug-likeness (QED) is 0.780. The second-order valence-electron chi connectivity index (χ2n) is 8.12. The lowest BCUT2D eigenvalue weighted by molar-refractivity contribution is -0.141. The van der Waals surface area contributed by atoms with Gasteiger partial charge in [-0.3, -0.25) is 9.69 Å². The van der Waals surface area contributed by atoms with E-state index in [1.165, 1.54) is 5.56 Å². The SMILES string of the molecule is CCC(=O)N1CCC[C@@]2(CN(Cc3ccc(C#CCCO)cc3)CC[C@H]2O)C1. The number of aliphatic hydroxyl groups excluding tert-OH is 2. The number of hydrogen-bond donors (Lipinski definition) is 2. The van der Waals surface area contributed by atoms with E-state index in [-0.39, 0.29) is 24.0 Å². The Hall–Kier alpha value is -1.87. The molecule has 152 valence electrons. The molecule has 1 aromatic rings. The Labute approximate surface area is 168 Å². The van der Waals surface area contributed by atoms with Crippen molar-refractivity contribution in [3.05, 3.63) is 35.4 Å². The van der Waals surface area contributed by atoms with Crippen LogP contribution < -0.4 is 0 Å². The lowest BCUT2D eigenvalue weighted by atomic mass is 9.71. The first-order valence-corrected chi connectivity index (χ1v) is 10.4. The fourth-order valence-electron chi connectivity index (χ4n) is 4.55. The van der Waals surface area contributed by atoms with Crippen molar-refractivity contribution in [1.29, 1.82) is 0 Å². The topological polar surface area (TPSA) is 64.0 Å². The van der Waals surface area contributed by atoms with Crippen LogP contribution in [0.3, 0.4) is 0 Å². The van der Waals surface area contributed by atoms with Gasteiger partial charge in [-0.1, -0.05) is 30.9 Å². The molecular weight excluding hydrogens is 352 g/mol. The number of hydrogen-bond acceptors (Lipinski definition) is 4. The third-order valence-corrected chi connectivity index (χ3v) is 6.06. The van der Waals surface area contributed by atoms with Crippen molar-refractivity contribution in [3.8, 4) is 11.8 Å². The number of piperidine rings is 2. The molecule has 0 aromatic heterocycles. The van der Waals surface area contributed by atoms with Crippen LogP contribution in [-0.4, -0.2) is 64.8 Å². The fraction of sp³-hybridized carbons (Fsp3) is 0.609. The van der Waals surface area contributed by atoms with E-state index in [1.807, 2.05) is 24.0 Å². The number of likely N-dealkylation sites (tertiary alicyclic amines) is 2. The van der Waals surface area contributed by atoms with Gasteiger partial charge in [-0.15, -0.1) is 0 Å². The molecule has 2 aliphatic rings. The first kappa shape index (κ1) is 20.9. The molecule has 1 aromatic carbocycles. The molecule has 0 unspecified atom stereocenters. The number of amides is 1. The summed E-state index contributed by atoms with van der Waals surface area (Å²) in [6, 6.07) is 8.26. The third-order valence-electron chi connectivity index (χ3n) is 6.06. The van der Waals surface area contributed by atoms with Gasteiger partial charge in [0, 0.05) is 56.5 Å². The zero-order chi connectivity index (χ0) is 20.0. The van der Waals surface area contributed by atoms with Crippen LogP contribution in [0.2, 0.25) is 0 Å². The number of carbonyl (C=O) groups excluding carboxylic acids is 1. The van der Waals surface area contributed by atoms with Gasteiger partial charge in [-0.2, -0.15) is 0 Å². The van der Waals surface area contributed by atoms with E-state index in [4.69, 9.17) is 5.11 Å². The molecule has 2 N–H and O–H groups in total. The standard InChI is InChI=1S/C23H32N2O3/c1-2-22(28)25-13-5-12-23(18-25)17-24(14-11-21(23)27)16-20-9-7-19(8-10-20)6-3-4-15-26/h7-10,21,26-27H,2,4-5,11-18H2,1H3/t21-,23-/m1/s1. The van der Waals surface area contributed by atoms with Gasteiger partial charge >= 0.3 is 0 Å². The van der Waals surface area contributed by atoms with Crippen LogP contribution in [0.1, 0.15) is 50.2 Å². The molecule has 3 rings (SSSR count). The molecule has 5 heteroatoms. The van der Waals surface area contributed by atoms with E-state index in [0.717, 1.165) is 51.0 Å². The summed E-state index contributed by atoms with van der Waals surface area (Å²) in [5.74, 6) is 6.19. The molecule has 2 fully saturated rings. The van der Waals surface area contributed by atoms with E-state index in [9.17, 15) is 9.90 Å². The Morgan fingerprint density at radius 1 is 1.25 bits per heavy atom. The van der Waals surface area contributed by atoms with Crippen molar-refractivity contribution in [1.82, 2.24) is 9.80 Å². The highest BCUT2D eigenvalue weighted by Crippen LogP contribution is 2.39. The van der Waals surface area contributed by atoms with Crippen LogP contribution >= 0.6 is 0 Å². The monoisotopic (exact) mass is 384 g/mol. The average Bonchev–Trinajstić information content (AvgIpc) is 2.72. The number of nitrogens with zero attached hydrogens (tertiary/aromatic N) is 2. The molecule has 2 heterocycles. The van der Waals surface area contributed by atoms with Crippen LogP contribution in [-0.2, 0) is 11.3 Å². The van der Waals surface area contributed by atoms with Crippen molar-refractivity contribution >= 4 is 5.91 Å². The zero-order valence-corrected chi connectivity index (χ0v) is 16.9. The second-order valence-corrected chi connectivity index (χ2v) is 8.12. The number of aliphatic hydroxyl groups is 2. The summed E-state index contributed by atoms with van der Waals surface area (Å²) in [5.41, 5.74) is 2.00. The Bertz CT molecular complexity index is 722. The van der Waals surface area contributed by atoms with Crippen molar-refractivity contribution in [2.24, 2.45) is 5.41 Å². The minimum absolute atomic E-state index is 0.0922. The highest BCUT2D eigenvalue weighted by atomic mass is 16.3. The van der Waals surface area contributed by atoms with E-state index in [1.54, 1.807) is 0 Å². The van der Waals surface area contributed by atoms with Crippen LogP contribution in [0.25, 0.3) is 0 Å². The molecule has 1 amide bonds. The number of benzene rings is 1. The van der Waals surface area contributed by atoms with E-state index >= 15 is 0 Å². The van der Waals surface area contributed by atoms with Crippen LogP contribution in [0.15, 0.2) is 24.3 Å². The van der Waals surface area contributed by atoms with Gasteiger partial charge in [0.05, 0.1) is 12.7 Å². The summed E-state index contributed by atoms with van der Waals surface area (Å²) in [4.78, 5) is 16.6. The largest absolute Gasteiger partial charge is 0.395 e. The predicted octanol–water partition coefficient (Wildman–Crippen LogP) is 2.01. The minimum atomic E-state index is -0.333. The molecule has 0 saturated carbocycles. The van der Waals surface area contributed by atoms with Gasteiger partial charge in [-0.05, 0) is 37.0 Å². The molecular formula is C23H32N2O3. The first-order valence-electron chi connectivity index (χ1n) is 10.4. The Kier molecular flexibility index (Phi) is 7.12. The molecule has 2 atom stereocenters. The van der Waals surface area contributed by atoms with Gasteiger partial charge in [-0.25, -0.2) is 0 Å². The average molecular weight is 385 g/mol.